The average molecular weight is 420 g/mol. The Labute approximate surface area is 174 Å². The zero-order chi connectivity index (χ0) is 21.3. The van der Waals surface area contributed by atoms with E-state index in [1.807, 2.05) is 13.0 Å². The Hall–Kier alpha value is -3.17. The van der Waals surface area contributed by atoms with Crippen LogP contribution in [-0.2, 0) is 0 Å². The summed E-state index contributed by atoms with van der Waals surface area (Å²) in [6, 6.07) is 7.34. The molecule has 1 aromatic heterocycles. The highest BCUT2D eigenvalue weighted by Crippen LogP contribution is 2.20. The van der Waals surface area contributed by atoms with Crippen LogP contribution in [0, 0.1) is 6.92 Å². The van der Waals surface area contributed by atoms with E-state index < -0.39 is 12.6 Å². The van der Waals surface area contributed by atoms with Crippen molar-refractivity contribution in [3.63, 3.8) is 0 Å². The second kappa shape index (κ2) is 10.6. The second-order valence-electron chi connectivity index (χ2n) is 6.95. The van der Waals surface area contributed by atoms with Crippen LogP contribution in [0.15, 0.2) is 30.3 Å². The molecule has 8 nitrogen and oxygen atoms in total. The maximum Gasteiger partial charge on any atom is 0.387 e. The fourth-order valence-corrected chi connectivity index (χ4v) is 3.19. The van der Waals surface area contributed by atoms with Crippen molar-refractivity contribution >= 4 is 23.5 Å². The zero-order valence-electron chi connectivity index (χ0n) is 16.8. The Morgan fingerprint density at radius 1 is 1.17 bits per heavy atom. The average Bonchev–Trinajstić information content (AvgIpc) is 2.71. The van der Waals surface area contributed by atoms with Crippen LogP contribution >= 0.6 is 0 Å². The predicted octanol–water partition coefficient (Wildman–Crippen LogP) is 3.61. The molecule has 0 bridgehead atoms. The lowest BCUT2D eigenvalue weighted by atomic mass is 10.1. The first-order chi connectivity index (χ1) is 14.5. The fraction of sp³-hybridized carbons (Fsp3) is 0.450. The van der Waals surface area contributed by atoms with Gasteiger partial charge in [-0.3, -0.25) is 0 Å². The van der Waals surface area contributed by atoms with Gasteiger partial charge in [-0.1, -0.05) is 6.07 Å². The highest BCUT2D eigenvalue weighted by Gasteiger charge is 2.14. The number of nitrogens with zero attached hydrogens (tertiary/aromatic N) is 3. The van der Waals surface area contributed by atoms with E-state index >= 15 is 0 Å². The van der Waals surface area contributed by atoms with Crippen LogP contribution in [0.4, 0.5) is 31.0 Å². The number of ether oxygens (including phenoxy) is 1. The van der Waals surface area contributed by atoms with Crippen molar-refractivity contribution in [2.75, 3.05) is 41.7 Å². The highest BCUT2D eigenvalue weighted by molar-refractivity contribution is 5.89. The molecule has 1 fully saturated rings. The number of carbonyl (C=O) groups excluding carboxylic acids is 1. The van der Waals surface area contributed by atoms with Gasteiger partial charge in [0.15, 0.2) is 0 Å². The summed E-state index contributed by atoms with van der Waals surface area (Å²) in [5.74, 6) is 1.42. The van der Waals surface area contributed by atoms with E-state index in [-0.39, 0.29) is 5.75 Å². The van der Waals surface area contributed by atoms with E-state index in [4.69, 9.17) is 0 Å². The van der Waals surface area contributed by atoms with Crippen LogP contribution in [-0.4, -0.2) is 48.8 Å². The van der Waals surface area contributed by atoms with Gasteiger partial charge >= 0.3 is 12.6 Å². The minimum absolute atomic E-state index is 0.0226. The summed E-state index contributed by atoms with van der Waals surface area (Å²) in [5.41, 5.74) is 1.23. The maximum atomic E-state index is 12.3. The van der Waals surface area contributed by atoms with Gasteiger partial charge in [-0.2, -0.15) is 13.8 Å². The molecule has 1 aliphatic heterocycles. The number of urea groups is 1. The second-order valence-corrected chi connectivity index (χ2v) is 6.95. The molecule has 1 saturated heterocycles. The van der Waals surface area contributed by atoms with Gasteiger partial charge in [0, 0.05) is 49.7 Å². The third kappa shape index (κ3) is 6.71. The van der Waals surface area contributed by atoms with Crippen molar-refractivity contribution in [3.05, 3.63) is 36.0 Å². The molecule has 0 unspecified atom stereocenters. The minimum atomic E-state index is -2.92. The molecule has 1 aromatic carbocycles. The van der Waals surface area contributed by atoms with E-state index in [1.54, 1.807) is 6.07 Å². The number of hydrogen-bond acceptors (Lipinski definition) is 6. The van der Waals surface area contributed by atoms with Crippen molar-refractivity contribution < 1.29 is 18.3 Å². The monoisotopic (exact) mass is 420 g/mol. The van der Waals surface area contributed by atoms with Crippen molar-refractivity contribution in [1.82, 2.24) is 15.3 Å². The lowest BCUT2D eigenvalue weighted by molar-refractivity contribution is -0.0497. The SMILES string of the molecule is Cc1cc(N2CCCCC2)nc(NCCNC(=O)Nc2cccc(OC(F)F)c2)n1. The van der Waals surface area contributed by atoms with Crippen molar-refractivity contribution in [3.8, 4) is 5.75 Å². The minimum Gasteiger partial charge on any atom is -0.435 e. The molecular formula is C20H26F2N6O2. The quantitative estimate of drug-likeness (QED) is 0.565. The molecule has 2 amide bonds. The van der Waals surface area contributed by atoms with E-state index in [1.165, 1.54) is 37.5 Å². The number of rotatable bonds is 8. The summed E-state index contributed by atoms with van der Waals surface area (Å²) in [6.45, 7) is 1.78. The van der Waals surface area contributed by atoms with Crippen molar-refractivity contribution in [1.29, 1.82) is 0 Å². The molecule has 3 N–H and O–H groups in total. The number of piperidine rings is 1. The van der Waals surface area contributed by atoms with Crippen LogP contribution in [0.5, 0.6) is 5.75 Å². The third-order valence-corrected chi connectivity index (χ3v) is 4.53. The summed E-state index contributed by atoms with van der Waals surface area (Å²) >= 11 is 0. The fourth-order valence-electron chi connectivity index (χ4n) is 3.19. The number of halogens is 2. The van der Waals surface area contributed by atoms with E-state index in [2.05, 4.69) is 35.6 Å². The van der Waals surface area contributed by atoms with Gasteiger partial charge in [0.05, 0.1) is 0 Å². The molecule has 2 aromatic rings. The Kier molecular flexibility index (Phi) is 7.58. The highest BCUT2D eigenvalue weighted by atomic mass is 19.3. The smallest absolute Gasteiger partial charge is 0.387 e. The zero-order valence-corrected chi connectivity index (χ0v) is 16.8. The van der Waals surface area contributed by atoms with Crippen molar-refractivity contribution in [2.24, 2.45) is 0 Å². The molecule has 0 radical (unpaired) electrons. The van der Waals surface area contributed by atoms with Gasteiger partial charge in [-0.05, 0) is 38.3 Å². The first kappa shape index (κ1) is 21.5. The standard InChI is InChI=1S/C20H26F2N6O2/c1-14-12-17(28-10-3-2-4-11-28)27-19(25-14)23-8-9-24-20(29)26-15-6-5-7-16(13-15)30-18(21)22/h5-7,12-13,18H,2-4,8-11H2,1H3,(H,23,25,27)(H2,24,26,29). The van der Waals surface area contributed by atoms with Gasteiger partial charge < -0.3 is 25.6 Å². The number of carbonyl (C=O) groups is 1. The third-order valence-electron chi connectivity index (χ3n) is 4.53. The van der Waals surface area contributed by atoms with Gasteiger partial charge in [0.1, 0.15) is 11.6 Å². The number of amides is 2. The van der Waals surface area contributed by atoms with Crippen LogP contribution in [0.25, 0.3) is 0 Å². The predicted molar refractivity (Wildman–Crippen MR) is 111 cm³/mol. The first-order valence-electron chi connectivity index (χ1n) is 9.94. The molecule has 30 heavy (non-hydrogen) atoms. The number of aromatic nitrogens is 2. The Balaban J connectivity index is 1.44. The van der Waals surface area contributed by atoms with Crippen LogP contribution in [0.2, 0.25) is 0 Å². The number of aryl methyl sites for hydroxylation is 1. The first-order valence-corrected chi connectivity index (χ1v) is 9.94. The van der Waals surface area contributed by atoms with Gasteiger partial charge in [0.25, 0.3) is 0 Å². The maximum absolute atomic E-state index is 12.3. The van der Waals surface area contributed by atoms with E-state index in [0.29, 0.717) is 24.7 Å². The number of anilines is 3. The lowest BCUT2D eigenvalue weighted by Gasteiger charge is -2.28. The molecular weight excluding hydrogens is 394 g/mol. The Morgan fingerprint density at radius 2 is 1.97 bits per heavy atom. The number of alkyl halides is 2. The van der Waals surface area contributed by atoms with Gasteiger partial charge in [-0.15, -0.1) is 0 Å². The molecule has 0 aliphatic carbocycles. The Bertz CT molecular complexity index is 846. The molecule has 3 rings (SSSR count). The largest absolute Gasteiger partial charge is 0.435 e. The molecule has 10 heteroatoms. The van der Waals surface area contributed by atoms with E-state index in [0.717, 1.165) is 24.6 Å². The molecule has 0 atom stereocenters. The van der Waals surface area contributed by atoms with Crippen LogP contribution in [0.1, 0.15) is 25.0 Å². The van der Waals surface area contributed by atoms with Crippen LogP contribution < -0.4 is 25.6 Å². The number of benzene rings is 1. The molecule has 162 valence electrons. The lowest BCUT2D eigenvalue weighted by Crippen LogP contribution is -2.33. The van der Waals surface area contributed by atoms with E-state index in [9.17, 15) is 13.6 Å². The van der Waals surface area contributed by atoms with Crippen LogP contribution in [0.3, 0.4) is 0 Å². The summed E-state index contributed by atoms with van der Waals surface area (Å²) in [4.78, 5) is 23.2. The van der Waals surface area contributed by atoms with Crippen molar-refractivity contribution in [2.45, 2.75) is 32.8 Å². The summed E-state index contributed by atoms with van der Waals surface area (Å²) < 4.78 is 28.9. The number of hydrogen-bond donors (Lipinski definition) is 3. The van der Waals surface area contributed by atoms with Gasteiger partial charge in [0.2, 0.25) is 5.95 Å². The number of nitrogens with one attached hydrogen (secondary N) is 3. The normalized spacial score (nSPS) is 13.8. The topological polar surface area (TPSA) is 91.4 Å². The Morgan fingerprint density at radius 3 is 2.73 bits per heavy atom. The summed E-state index contributed by atoms with van der Waals surface area (Å²) in [6.07, 6.45) is 3.59. The summed E-state index contributed by atoms with van der Waals surface area (Å²) in [5, 5.41) is 8.38. The molecule has 1 aliphatic rings. The van der Waals surface area contributed by atoms with Gasteiger partial charge in [-0.25, -0.2) is 9.78 Å². The summed E-state index contributed by atoms with van der Waals surface area (Å²) in [7, 11) is 0. The molecule has 2 heterocycles. The molecule has 0 spiro atoms. The molecule has 0 saturated carbocycles.